The molecule has 18 heavy (non-hydrogen) atoms. The molecule has 1 fully saturated rings. The molecule has 3 heteroatoms. The lowest BCUT2D eigenvalue weighted by Crippen LogP contribution is -2.30. The molecule has 0 aromatic heterocycles. The predicted octanol–water partition coefficient (Wildman–Crippen LogP) is 2.17. The van der Waals surface area contributed by atoms with Crippen LogP contribution in [0.4, 0.5) is 0 Å². The third-order valence-corrected chi connectivity index (χ3v) is 3.26. The highest BCUT2D eigenvalue weighted by Gasteiger charge is 2.27. The Balaban J connectivity index is 1.81. The van der Waals surface area contributed by atoms with Gasteiger partial charge in [0.05, 0.1) is 0 Å². The number of nitrogens with zero attached hydrogens (tertiary/aromatic N) is 1. The molecule has 2 N–H and O–H groups in total. The van der Waals surface area contributed by atoms with E-state index in [1.807, 2.05) is 30.3 Å². The van der Waals surface area contributed by atoms with Gasteiger partial charge >= 0.3 is 0 Å². The Kier molecular flexibility index (Phi) is 4.79. The predicted molar refractivity (Wildman–Crippen MR) is 74.6 cm³/mol. The molecule has 1 saturated carbocycles. The summed E-state index contributed by atoms with van der Waals surface area (Å²) in [7, 11) is 0. The number of para-hydroxylation sites is 1. The molecule has 0 aliphatic heterocycles. The Morgan fingerprint density at radius 3 is 2.83 bits per heavy atom. The van der Waals surface area contributed by atoms with E-state index >= 15 is 0 Å². The lowest BCUT2D eigenvalue weighted by Gasteiger charge is -2.20. The Morgan fingerprint density at radius 1 is 1.39 bits per heavy atom. The summed E-state index contributed by atoms with van der Waals surface area (Å²) in [5, 5.41) is 0. The molecular weight excluding hydrogens is 224 g/mol. The second-order valence-corrected chi connectivity index (χ2v) is 4.68. The Morgan fingerprint density at radius 2 is 2.17 bits per heavy atom. The number of hydrogen-bond acceptors (Lipinski definition) is 3. The summed E-state index contributed by atoms with van der Waals surface area (Å²) >= 11 is 0. The highest BCUT2D eigenvalue weighted by molar-refractivity contribution is 5.32. The topological polar surface area (TPSA) is 38.5 Å². The first-order chi connectivity index (χ1) is 8.85. The van der Waals surface area contributed by atoms with E-state index < -0.39 is 0 Å². The minimum absolute atomic E-state index is 0.523. The van der Waals surface area contributed by atoms with Gasteiger partial charge in [-0.1, -0.05) is 24.3 Å². The molecule has 0 spiro atoms. The first-order valence-electron chi connectivity index (χ1n) is 6.61. The molecule has 0 bridgehead atoms. The zero-order valence-electron chi connectivity index (χ0n) is 10.8. The van der Waals surface area contributed by atoms with Gasteiger partial charge in [0.15, 0.2) is 0 Å². The SMILES string of the molecule is C=CCN(CCOc1ccccc1CN)C1CC1. The Labute approximate surface area is 109 Å². The van der Waals surface area contributed by atoms with E-state index in [4.69, 9.17) is 10.5 Å². The minimum Gasteiger partial charge on any atom is -0.492 e. The summed E-state index contributed by atoms with van der Waals surface area (Å²) in [6.45, 7) is 6.94. The van der Waals surface area contributed by atoms with Gasteiger partial charge in [0.25, 0.3) is 0 Å². The lowest BCUT2D eigenvalue weighted by atomic mass is 10.2. The summed E-state index contributed by atoms with van der Waals surface area (Å²) in [5.41, 5.74) is 6.75. The van der Waals surface area contributed by atoms with Crippen LogP contribution in [0.25, 0.3) is 0 Å². The number of rotatable bonds is 8. The lowest BCUT2D eigenvalue weighted by molar-refractivity contribution is 0.215. The smallest absolute Gasteiger partial charge is 0.123 e. The largest absolute Gasteiger partial charge is 0.492 e. The van der Waals surface area contributed by atoms with Crippen molar-refractivity contribution < 1.29 is 4.74 Å². The van der Waals surface area contributed by atoms with Crippen LogP contribution in [-0.4, -0.2) is 30.6 Å². The summed E-state index contributed by atoms with van der Waals surface area (Å²) < 4.78 is 5.83. The molecule has 98 valence electrons. The van der Waals surface area contributed by atoms with Gasteiger partial charge in [-0.25, -0.2) is 0 Å². The van der Waals surface area contributed by atoms with Crippen molar-refractivity contribution in [3.8, 4) is 5.75 Å². The zero-order chi connectivity index (χ0) is 12.8. The fraction of sp³-hybridized carbons (Fsp3) is 0.467. The fourth-order valence-corrected chi connectivity index (χ4v) is 2.11. The van der Waals surface area contributed by atoms with Crippen molar-refractivity contribution in [3.63, 3.8) is 0 Å². The zero-order valence-corrected chi connectivity index (χ0v) is 10.8. The van der Waals surface area contributed by atoms with Gasteiger partial charge in [0.1, 0.15) is 12.4 Å². The summed E-state index contributed by atoms with van der Waals surface area (Å²) in [6, 6.07) is 8.71. The van der Waals surface area contributed by atoms with Gasteiger partial charge in [-0.3, -0.25) is 4.90 Å². The van der Waals surface area contributed by atoms with E-state index in [-0.39, 0.29) is 0 Å². The molecule has 1 aromatic rings. The van der Waals surface area contributed by atoms with E-state index in [1.54, 1.807) is 0 Å². The molecule has 0 radical (unpaired) electrons. The monoisotopic (exact) mass is 246 g/mol. The highest BCUT2D eigenvalue weighted by Crippen LogP contribution is 2.26. The number of benzene rings is 1. The van der Waals surface area contributed by atoms with Crippen molar-refractivity contribution in [2.24, 2.45) is 5.73 Å². The standard InChI is InChI=1S/C15H22N2O/c1-2-9-17(14-7-8-14)10-11-18-15-6-4-3-5-13(15)12-16/h2-6,14H,1,7-12,16H2. The molecule has 1 aliphatic carbocycles. The fourth-order valence-electron chi connectivity index (χ4n) is 2.11. The van der Waals surface area contributed by atoms with Crippen LogP contribution in [0.5, 0.6) is 5.75 Å². The third kappa shape index (κ3) is 3.59. The molecular formula is C15H22N2O. The van der Waals surface area contributed by atoms with Gasteiger partial charge in [0, 0.05) is 31.2 Å². The number of nitrogens with two attached hydrogens (primary N) is 1. The minimum atomic E-state index is 0.523. The van der Waals surface area contributed by atoms with Crippen LogP contribution < -0.4 is 10.5 Å². The average Bonchev–Trinajstić information content (AvgIpc) is 3.22. The van der Waals surface area contributed by atoms with Crippen molar-refractivity contribution in [3.05, 3.63) is 42.5 Å². The van der Waals surface area contributed by atoms with Crippen LogP contribution in [0.15, 0.2) is 36.9 Å². The quantitative estimate of drug-likeness (QED) is 0.714. The third-order valence-electron chi connectivity index (χ3n) is 3.26. The van der Waals surface area contributed by atoms with E-state index in [2.05, 4.69) is 11.5 Å². The second-order valence-electron chi connectivity index (χ2n) is 4.68. The molecule has 0 heterocycles. The molecule has 3 nitrogen and oxygen atoms in total. The first kappa shape index (κ1) is 13.1. The van der Waals surface area contributed by atoms with E-state index in [1.165, 1.54) is 12.8 Å². The summed E-state index contributed by atoms with van der Waals surface area (Å²) in [5.74, 6) is 0.911. The first-order valence-corrected chi connectivity index (χ1v) is 6.61. The van der Waals surface area contributed by atoms with Crippen LogP contribution in [0, 0.1) is 0 Å². The number of hydrogen-bond donors (Lipinski definition) is 1. The van der Waals surface area contributed by atoms with Crippen molar-refractivity contribution in [2.75, 3.05) is 19.7 Å². The van der Waals surface area contributed by atoms with Crippen LogP contribution in [0.2, 0.25) is 0 Å². The van der Waals surface area contributed by atoms with Crippen LogP contribution in [0.1, 0.15) is 18.4 Å². The molecule has 2 rings (SSSR count). The van der Waals surface area contributed by atoms with Crippen molar-refractivity contribution in [1.29, 1.82) is 0 Å². The van der Waals surface area contributed by atoms with Crippen molar-refractivity contribution in [1.82, 2.24) is 4.90 Å². The summed E-state index contributed by atoms with van der Waals surface area (Å²) in [4.78, 5) is 2.43. The molecule has 0 saturated heterocycles. The molecule has 1 aliphatic rings. The molecule has 0 unspecified atom stereocenters. The van der Waals surface area contributed by atoms with E-state index in [0.29, 0.717) is 13.2 Å². The summed E-state index contributed by atoms with van der Waals surface area (Å²) in [6.07, 6.45) is 4.59. The van der Waals surface area contributed by atoms with Crippen molar-refractivity contribution >= 4 is 0 Å². The molecule has 0 atom stereocenters. The Bertz CT molecular complexity index is 388. The normalized spacial score (nSPS) is 14.8. The van der Waals surface area contributed by atoms with Gasteiger partial charge in [-0.15, -0.1) is 6.58 Å². The Hall–Kier alpha value is -1.32. The molecule has 0 amide bonds. The van der Waals surface area contributed by atoms with E-state index in [9.17, 15) is 0 Å². The average molecular weight is 246 g/mol. The van der Waals surface area contributed by atoms with Crippen LogP contribution >= 0.6 is 0 Å². The van der Waals surface area contributed by atoms with Gasteiger partial charge in [-0.2, -0.15) is 0 Å². The maximum absolute atomic E-state index is 5.83. The van der Waals surface area contributed by atoms with Gasteiger partial charge < -0.3 is 10.5 Å². The van der Waals surface area contributed by atoms with Crippen molar-refractivity contribution in [2.45, 2.75) is 25.4 Å². The van der Waals surface area contributed by atoms with Crippen LogP contribution in [-0.2, 0) is 6.54 Å². The van der Waals surface area contributed by atoms with Crippen LogP contribution in [0.3, 0.4) is 0 Å². The molecule has 1 aromatic carbocycles. The van der Waals surface area contributed by atoms with Gasteiger partial charge in [-0.05, 0) is 18.9 Å². The second kappa shape index (κ2) is 6.57. The van der Waals surface area contributed by atoms with E-state index in [0.717, 1.165) is 30.4 Å². The highest BCUT2D eigenvalue weighted by atomic mass is 16.5. The number of ether oxygens (including phenoxy) is 1. The van der Waals surface area contributed by atoms with Gasteiger partial charge in [0.2, 0.25) is 0 Å². The maximum Gasteiger partial charge on any atom is 0.123 e. The maximum atomic E-state index is 5.83.